The van der Waals surface area contributed by atoms with Gasteiger partial charge in [-0.05, 0) is 25.7 Å². The van der Waals surface area contributed by atoms with Gasteiger partial charge in [-0.1, -0.05) is 25.7 Å². The van der Waals surface area contributed by atoms with Crippen molar-refractivity contribution in [3.8, 4) is 0 Å². The number of hydrogen-bond acceptors (Lipinski definition) is 1. The van der Waals surface area contributed by atoms with Crippen LogP contribution in [0, 0.1) is 0 Å². The molecule has 2 aliphatic rings. The summed E-state index contributed by atoms with van der Waals surface area (Å²) in [6.45, 7) is 0. The van der Waals surface area contributed by atoms with Gasteiger partial charge in [0, 0.05) is 11.3 Å². The summed E-state index contributed by atoms with van der Waals surface area (Å²) in [6, 6.07) is 0. The van der Waals surface area contributed by atoms with Crippen LogP contribution < -0.4 is 0 Å². The average Bonchev–Trinajstić information content (AvgIpc) is 2.78. The second kappa shape index (κ2) is 5.01. The summed E-state index contributed by atoms with van der Waals surface area (Å²) < 4.78 is 12.2. The van der Waals surface area contributed by atoms with E-state index < -0.39 is 7.37 Å². The van der Waals surface area contributed by atoms with Gasteiger partial charge in [0.2, 0.25) is 7.37 Å². The molecule has 0 atom stereocenters. The summed E-state index contributed by atoms with van der Waals surface area (Å²) in [6.07, 6.45) is 8.69. The van der Waals surface area contributed by atoms with Crippen LogP contribution in [0.4, 0.5) is 0 Å². The van der Waals surface area contributed by atoms with Crippen LogP contribution in [0.15, 0.2) is 0 Å². The van der Waals surface area contributed by atoms with Crippen LogP contribution in [0.3, 0.4) is 0 Å². The van der Waals surface area contributed by atoms with Crippen LogP contribution in [0.1, 0.15) is 51.4 Å². The molecule has 0 amide bonds. The lowest BCUT2D eigenvalue weighted by atomic mass is 10.4. The lowest BCUT2D eigenvalue weighted by Crippen LogP contribution is -2.13. The van der Waals surface area contributed by atoms with Gasteiger partial charge in [-0.3, -0.25) is 4.57 Å². The molecular formula is C10H20ClO2P. The largest absolute Gasteiger partial charge is 0.344 e. The molecule has 0 bridgehead atoms. The van der Waals surface area contributed by atoms with Crippen LogP contribution in [0.5, 0.6) is 0 Å². The Balaban J connectivity index is 0.000000980. The maximum atomic E-state index is 12.2. The molecule has 0 aromatic heterocycles. The maximum absolute atomic E-state index is 12.2. The van der Waals surface area contributed by atoms with E-state index in [9.17, 15) is 9.46 Å². The van der Waals surface area contributed by atoms with Crippen molar-refractivity contribution in [2.45, 2.75) is 62.7 Å². The Bertz CT molecular complexity index is 200. The van der Waals surface area contributed by atoms with E-state index in [1.807, 2.05) is 0 Å². The van der Waals surface area contributed by atoms with Crippen molar-refractivity contribution in [1.29, 1.82) is 0 Å². The third-order valence-corrected chi connectivity index (χ3v) is 6.82. The molecule has 2 aliphatic carbocycles. The van der Waals surface area contributed by atoms with Crippen LogP contribution in [-0.4, -0.2) is 16.2 Å². The molecule has 1 N–H and O–H groups in total. The minimum atomic E-state index is -2.79. The summed E-state index contributed by atoms with van der Waals surface area (Å²) in [4.78, 5) is 10.1. The molecule has 0 aromatic rings. The van der Waals surface area contributed by atoms with Crippen LogP contribution in [0.25, 0.3) is 0 Å². The van der Waals surface area contributed by atoms with Crippen molar-refractivity contribution in [3.05, 3.63) is 0 Å². The summed E-state index contributed by atoms with van der Waals surface area (Å²) >= 11 is 0. The van der Waals surface area contributed by atoms with Crippen LogP contribution >= 0.6 is 19.8 Å². The van der Waals surface area contributed by atoms with Gasteiger partial charge >= 0.3 is 0 Å². The Hall–Kier alpha value is 0.480. The van der Waals surface area contributed by atoms with E-state index >= 15 is 0 Å². The molecule has 0 spiro atoms. The second-order valence-corrected chi connectivity index (χ2v) is 7.35. The van der Waals surface area contributed by atoms with Crippen molar-refractivity contribution < 1.29 is 9.46 Å². The van der Waals surface area contributed by atoms with Gasteiger partial charge in [0.1, 0.15) is 0 Å². The highest BCUT2D eigenvalue weighted by molar-refractivity contribution is 7.59. The van der Waals surface area contributed by atoms with Crippen molar-refractivity contribution in [2.75, 3.05) is 0 Å². The Labute approximate surface area is 92.3 Å². The van der Waals surface area contributed by atoms with E-state index in [1.54, 1.807) is 0 Å². The minimum Gasteiger partial charge on any atom is -0.344 e. The lowest BCUT2D eigenvalue weighted by Gasteiger charge is -2.23. The minimum absolute atomic E-state index is 0. The van der Waals surface area contributed by atoms with Crippen molar-refractivity contribution in [2.24, 2.45) is 0 Å². The number of rotatable bonds is 2. The van der Waals surface area contributed by atoms with Gasteiger partial charge in [0.25, 0.3) is 0 Å². The fourth-order valence-electron chi connectivity index (χ4n) is 2.85. The van der Waals surface area contributed by atoms with Gasteiger partial charge in [-0.25, -0.2) is 0 Å². The average molecular weight is 239 g/mol. The van der Waals surface area contributed by atoms with E-state index in [2.05, 4.69) is 0 Å². The summed E-state index contributed by atoms with van der Waals surface area (Å²) in [5.41, 5.74) is 0.325. The molecule has 0 aromatic carbocycles. The first-order chi connectivity index (χ1) is 6.21. The predicted octanol–water partition coefficient (Wildman–Crippen LogP) is 3.56. The van der Waals surface area contributed by atoms with E-state index in [-0.39, 0.29) is 23.7 Å². The normalized spacial score (nSPS) is 25.2. The van der Waals surface area contributed by atoms with Gasteiger partial charge in [-0.2, -0.15) is 0 Å². The van der Waals surface area contributed by atoms with Gasteiger partial charge < -0.3 is 4.89 Å². The van der Waals surface area contributed by atoms with Gasteiger partial charge in [-0.15, -0.1) is 12.4 Å². The van der Waals surface area contributed by atoms with Gasteiger partial charge in [0.05, 0.1) is 0 Å². The SMILES string of the molecule is Cl.O=P(O)(C1CCCC1)C1CCCC1. The molecule has 84 valence electrons. The number of halogens is 1. The van der Waals surface area contributed by atoms with Crippen LogP contribution in [-0.2, 0) is 4.57 Å². The lowest BCUT2D eigenvalue weighted by molar-refractivity contribution is 0.446. The van der Waals surface area contributed by atoms with Crippen molar-refractivity contribution in [3.63, 3.8) is 0 Å². The van der Waals surface area contributed by atoms with E-state index in [4.69, 9.17) is 0 Å². The number of hydrogen-bond donors (Lipinski definition) is 1. The zero-order valence-electron chi connectivity index (χ0n) is 8.52. The molecule has 2 saturated carbocycles. The second-order valence-electron chi connectivity index (χ2n) is 4.55. The molecule has 0 heterocycles. The van der Waals surface area contributed by atoms with Crippen LogP contribution in [0.2, 0.25) is 0 Å². The Kier molecular flexibility index (Phi) is 4.49. The molecule has 2 rings (SSSR count). The molecule has 2 nitrogen and oxygen atoms in total. The van der Waals surface area contributed by atoms with Gasteiger partial charge in [0.15, 0.2) is 0 Å². The topological polar surface area (TPSA) is 37.3 Å². The van der Waals surface area contributed by atoms with E-state index in [0.29, 0.717) is 0 Å². The van der Waals surface area contributed by atoms with Crippen molar-refractivity contribution in [1.82, 2.24) is 0 Å². The fourth-order valence-corrected chi connectivity index (χ4v) is 5.65. The highest BCUT2D eigenvalue weighted by Crippen LogP contribution is 2.60. The molecule has 2 fully saturated rings. The molecular weight excluding hydrogens is 219 g/mol. The Morgan fingerprint density at radius 3 is 1.43 bits per heavy atom. The molecule has 0 aliphatic heterocycles. The molecule has 0 radical (unpaired) electrons. The third-order valence-electron chi connectivity index (χ3n) is 3.70. The monoisotopic (exact) mass is 238 g/mol. The fraction of sp³-hybridized carbons (Fsp3) is 1.00. The Morgan fingerprint density at radius 2 is 1.14 bits per heavy atom. The van der Waals surface area contributed by atoms with Crippen molar-refractivity contribution >= 4 is 19.8 Å². The summed E-state index contributed by atoms with van der Waals surface area (Å²) in [7, 11) is -2.79. The maximum Gasteiger partial charge on any atom is 0.206 e. The predicted molar refractivity (Wildman–Crippen MR) is 61.6 cm³/mol. The van der Waals surface area contributed by atoms with E-state index in [0.717, 1.165) is 25.7 Å². The molecule has 0 unspecified atom stereocenters. The molecule has 4 heteroatoms. The first-order valence-electron chi connectivity index (χ1n) is 5.53. The summed E-state index contributed by atoms with van der Waals surface area (Å²) in [5, 5.41) is 0. The quantitative estimate of drug-likeness (QED) is 0.747. The first kappa shape index (κ1) is 12.5. The highest BCUT2D eigenvalue weighted by atomic mass is 35.5. The summed E-state index contributed by atoms with van der Waals surface area (Å²) in [5.74, 6) is 0. The Morgan fingerprint density at radius 1 is 0.857 bits per heavy atom. The smallest absolute Gasteiger partial charge is 0.206 e. The molecule has 14 heavy (non-hydrogen) atoms. The zero-order chi connectivity index (χ0) is 9.31. The van der Waals surface area contributed by atoms with E-state index in [1.165, 1.54) is 25.7 Å². The first-order valence-corrected chi connectivity index (χ1v) is 7.33. The standard InChI is InChI=1S/C10H19O2P.ClH/c11-13(12,9-5-1-2-6-9)10-7-3-4-8-10;/h9-10H,1-8H2,(H,11,12);1H. The molecule has 0 saturated heterocycles. The third kappa shape index (κ3) is 2.35. The zero-order valence-corrected chi connectivity index (χ0v) is 10.2. The highest BCUT2D eigenvalue weighted by Gasteiger charge is 2.41.